The number of ether oxygens (including phenoxy) is 4. The quantitative estimate of drug-likeness (QED) is 0.563. The number of amides is 3. The van der Waals surface area contributed by atoms with Crippen molar-refractivity contribution < 1.29 is 38.1 Å². The summed E-state index contributed by atoms with van der Waals surface area (Å²) in [7, 11) is 4.24. The molecular weight excluding hydrogens is 408 g/mol. The van der Waals surface area contributed by atoms with Gasteiger partial charge in [-0.1, -0.05) is 18.2 Å². The lowest BCUT2D eigenvalue weighted by Crippen LogP contribution is -2.36. The van der Waals surface area contributed by atoms with E-state index in [0.29, 0.717) is 11.3 Å². The lowest BCUT2D eigenvalue weighted by molar-refractivity contribution is -0.147. The van der Waals surface area contributed by atoms with E-state index in [4.69, 9.17) is 18.9 Å². The molecule has 0 saturated carbocycles. The number of benzene rings is 2. The number of carbonyl (C=O) groups is 4. The van der Waals surface area contributed by atoms with E-state index in [9.17, 15) is 19.2 Å². The van der Waals surface area contributed by atoms with E-state index in [1.54, 1.807) is 18.2 Å². The van der Waals surface area contributed by atoms with Crippen LogP contribution in [0.15, 0.2) is 42.5 Å². The Labute approximate surface area is 178 Å². The van der Waals surface area contributed by atoms with Crippen molar-refractivity contribution in [1.29, 1.82) is 0 Å². The Morgan fingerprint density at radius 2 is 1.42 bits per heavy atom. The molecule has 0 fully saturated rings. The van der Waals surface area contributed by atoms with Gasteiger partial charge in [0.25, 0.3) is 17.7 Å². The Morgan fingerprint density at radius 3 is 1.97 bits per heavy atom. The lowest BCUT2D eigenvalue weighted by Gasteiger charge is -2.14. The molecule has 0 aromatic heterocycles. The van der Waals surface area contributed by atoms with Gasteiger partial charge in [-0.2, -0.15) is 0 Å². The number of nitrogens with one attached hydrogen (secondary N) is 2. The van der Waals surface area contributed by atoms with Gasteiger partial charge in [-0.25, -0.2) is 0 Å². The van der Waals surface area contributed by atoms with Crippen molar-refractivity contribution in [1.82, 2.24) is 10.6 Å². The van der Waals surface area contributed by atoms with E-state index < -0.39 is 36.8 Å². The highest BCUT2D eigenvalue weighted by molar-refractivity contribution is 6.05. The summed E-state index contributed by atoms with van der Waals surface area (Å²) in [6.45, 7) is -1.16. The van der Waals surface area contributed by atoms with Crippen LogP contribution < -0.4 is 24.8 Å². The third-order valence-electron chi connectivity index (χ3n) is 3.97. The monoisotopic (exact) mass is 430 g/mol. The van der Waals surface area contributed by atoms with Gasteiger partial charge in [0.1, 0.15) is 6.54 Å². The number of hydrogen-bond donors (Lipinski definition) is 2. The summed E-state index contributed by atoms with van der Waals surface area (Å²) in [6.07, 6.45) is 0. The molecular formula is C21H22N2O8. The molecule has 0 aliphatic rings. The standard InChI is InChI=1S/C21H22N2O8/c1-28-15-9-14(10-16(29-2)19(15)30-3)20(26)22-11-18(25)31-12-17(24)23-21(27)13-7-5-4-6-8-13/h4-10H,11-12H2,1-3H3,(H,22,26)(H,23,24,27). The fraction of sp³-hybridized carbons (Fsp3) is 0.238. The Hall–Kier alpha value is -4.08. The fourth-order valence-corrected chi connectivity index (χ4v) is 2.49. The van der Waals surface area contributed by atoms with Crippen LogP contribution >= 0.6 is 0 Å². The second-order valence-electron chi connectivity index (χ2n) is 6.00. The van der Waals surface area contributed by atoms with Crippen molar-refractivity contribution in [2.24, 2.45) is 0 Å². The van der Waals surface area contributed by atoms with Crippen LogP contribution in [0.25, 0.3) is 0 Å². The minimum atomic E-state index is -0.858. The SMILES string of the molecule is COc1cc(C(=O)NCC(=O)OCC(=O)NC(=O)c2ccccc2)cc(OC)c1OC. The Kier molecular flexibility index (Phi) is 8.38. The fourth-order valence-electron chi connectivity index (χ4n) is 2.49. The summed E-state index contributed by atoms with van der Waals surface area (Å²) >= 11 is 0. The zero-order chi connectivity index (χ0) is 22.8. The van der Waals surface area contributed by atoms with E-state index in [0.717, 1.165) is 0 Å². The first-order valence-corrected chi connectivity index (χ1v) is 9.02. The number of carbonyl (C=O) groups excluding carboxylic acids is 4. The number of imide groups is 1. The lowest BCUT2D eigenvalue weighted by atomic mass is 10.1. The van der Waals surface area contributed by atoms with Crippen molar-refractivity contribution in [2.75, 3.05) is 34.5 Å². The molecule has 31 heavy (non-hydrogen) atoms. The van der Waals surface area contributed by atoms with Crippen LogP contribution in [-0.2, 0) is 14.3 Å². The minimum absolute atomic E-state index is 0.161. The van der Waals surface area contributed by atoms with Gasteiger partial charge < -0.3 is 24.3 Å². The molecule has 0 aliphatic carbocycles. The van der Waals surface area contributed by atoms with Gasteiger partial charge in [0.2, 0.25) is 5.75 Å². The second-order valence-corrected chi connectivity index (χ2v) is 6.00. The molecule has 0 aliphatic heterocycles. The molecule has 0 bridgehead atoms. The van der Waals surface area contributed by atoms with E-state index in [1.165, 1.54) is 45.6 Å². The molecule has 0 unspecified atom stereocenters. The summed E-state index contributed by atoms with van der Waals surface area (Å²) in [5.74, 6) is -2.00. The molecule has 2 aromatic carbocycles. The first-order valence-electron chi connectivity index (χ1n) is 9.02. The summed E-state index contributed by atoms with van der Waals surface area (Å²) in [5, 5.41) is 4.46. The van der Waals surface area contributed by atoms with Crippen LogP contribution in [0.3, 0.4) is 0 Å². The van der Waals surface area contributed by atoms with Crippen molar-refractivity contribution in [3.63, 3.8) is 0 Å². The van der Waals surface area contributed by atoms with Gasteiger partial charge in [-0.05, 0) is 24.3 Å². The maximum absolute atomic E-state index is 12.3. The summed E-state index contributed by atoms with van der Waals surface area (Å²) < 4.78 is 20.3. The zero-order valence-corrected chi connectivity index (χ0v) is 17.2. The second kappa shape index (κ2) is 11.2. The maximum atomic E-state index is 12.3. The Balaban J connectivity index is 1.85. The minimum Gasteiger partial charge on any atom is -0.493 e. The van der Waals surface area contributed by atoms with Crippen molar-refractivity contribution >= 4 is 23.7 Å². The molecule has 2 aromatic rings. The molecule has 10 nitrogen and oxygen atoms in total. The highest BCUT2D eigenvalue weighted by atomic mass is 16.5. The first kappa shape index (κ1) is 23.2. The van der Waals surface area contributed by atoms with Crippen molar-refractivity contribution in [2.45, 2.75) is 0 Å². The van der Waals surface area contributed by atoms with Gasteiger partial charge in [-0.3, -0.25) is 24.5 Å². The third-order valence-corrected chi connectivity index (χ3v) is 3.97. The average molecular weight is 430 g/mol. The van der Waals surface area contributed by atoms with Crippen LogP contribution in [0.4, 0.5) is 0 Å². The molecule has 0 heterocycles. The molecule has 0 saturated heterocycles. The van der Waals surface area contributed by atoms with Gasteiger partial charge in [0.05, 0.1) is 21.3 Å². The van der Waals surface area contributed by atoms with Gasteiger partial charge in [0.15, 0.2) is 18.1 Å². The van der Waals surface area contributed by atoms with Crippen molar-refractivity contribution in [3.05, 3.63) is 53.6 Å². The van der Waals surface area contributed by atoms with Crippen LogP contribution in [0, 0.1) is 0 Å². The van der Waals surface area contributed by atoms with Crippen molar-refractivity contribution in [3.8, 4) is 17.2 Å². The third kappa shape index (κ3) is 6.46. The predicted octanol–water partition coefficient (Wildman–Crippen LogP) is 0.942. The Morgan fingerprint density at radius 1 is 0.806 bits per heavy atom. The van der Waals surface area contributed by atoms with Crippen LogP contribution in [0.1, 0.15) is 20.7 Å². The van der Waals surface area contributed by atoms with E-state index >= 15 is 0 Å². The number of hydrogen-bond acceptors (Lipinski definition) is 8. The molecule has 3 amide bonds. The number of methoxy groups -OCH3 is 3. The molecule has 0 spiro atoms. The molecule has 164 valence electrons. The largest absolute Gasteiger partial charge is 0.493 e. The average Bonchev–Trinajstić information content (AvgIpc) is 2.80. The molecule has 10 heteroatoms. The maximum Gasteiger partial charge on any atom is 0.325 e. The van der Waals surface area contributed by atoms with E-state index in [1.807, 2.05) is 0 Å². The highest BCUT2D eigenvalue weighted by Crippen LogP contribution is 2.38. The Bertz CT molecular complexity index is 934. The zero-order valence-electron chi connectivity index (χ0n) is 17.2. The van der Waals surface area contributed by atoms with Gasteiger partial charge in [0, 0.05) is 11.1 Å². The molecule has 2 N–H and O–H groups in total. The van der Waals surface area contributed by atoms with E-state index in [2.05, 4.69) is 10.6 Å². The molecule has 0 radical (unpaired) electrons. The topological polar surface area (TPSA) is 129 Å². The van der Waals surface area contributed by atoms with Crippen LogP contribution in [-0.4, -0.2) is 58.2 Å². The number of rotatable bonds is 9. The normalized spacial score (nSPS) is 9.90. The van der Waals surface area contributed by atoms with E-state index in [-0.39, 0.29) is 17.1 Å². The summed E-state index contributed by atoms with van der Waals surface area (Å²) in [5.41, 5.74) is 0.452. The first-order chi connectivity index (χ1) is 14.9. The van der Waals surface area contributed by atoms with Crippen LogP contribution in [0.2, 0.25) is 0 Å². The summed E-state index contributed by atoms with van der Waals surface area (Å²) in [6, 6.07) is 10.9. The molecule has 2 rings (SSSR count). The predicted molar refractivity (Wildman–Crippen MR) is 108 cm³/mol. The smallest absolute Gasteiger partial charge is 0.325 e. The highest BCUT2D eigenvalue weighted by Gasteiger charge is 2.18. The van der Waals surface area contributed by atoms with Crippen LogP contribution in [0.5, 0.6) is 17.2 Å². The van der Waals surface area contributed by atoms with Gasteiger partial charge in [-0.15, -0.1) is 0 Å². The number of esters is 1. The summed E-state index contributed by atoms with van der Waals surface area (Å²) in [4.78, 5) is 47.8. The molecule has 0 atom stereocenters. The van der Waals surface area contributed by atoms with Gasteiger partial charge >= 0.3 is 5.97 Å².